The van der Waals surface area contributed by atoms with E-state index in [1.165, 1.54) is 12.8 Å². The molecule has 0 aliphatic rings. The van der Waals surface area contributed by atoms with Crippen molar-refractivity contribution in [2.24, 2.45) is 0 Å². The van der Waals surface area contributed by atoms with Crippen LogP contribution in [0.15, 0.2) is 48.5 Å². The monoisotopic (exact) mass is 435 g/mol. The van der Waals surface area contributed by atoms with E-state index in [1.807, 2.05) is 36.4 Å². The first-order valence-corrected chi connectivity index (χ1v) is 10.6. The lowest BCUT2D eigenvalue weighted by Gasteiger charge is -2.39. The third kappa shape index (κ3) is 6.90. The van der Waals surface area contributed by atoms with Crippen molar-refractivity contribution < 1.29 is 14.6 Å². The zero-order valence-electron chi connectivity index (χ0n) is 19.1. The van der Waals surface area contributed by atoms with Crippen LogP contribution in [0.2, 0.25) is 0 Å². The van der Waals surface area contributed by atoms with Gasteiger partial charge in [0.15, 0.2) is 0 Å². The van der Waals surface area contributed by atoms with Crippen LogP contribution in [0.3, 0.4) is 0 Å². The van der Waals surface area contributed by atoms with Crippen LogP contribution in [0.4, 0.5) is 0 Å². The minimum absolute atomic E-state index is 0. The van der Waals surface area contributed by atoms with Crippen molar-refractivity contribution in [3.8, 4) is 11.5 Å². The van der Waals surface area contributed by atoms with Crippen LogP contribution < -0.4 is 9.47 Å². The van der Waals surface area contributed by atoms with Gasteiger partial charge >= 0.3 is 0 Å². The Balaban J connectivity index is 0.00000450. The number of unbranched alkanes of at least 4 members (excludes halogenated alkanes) is 3. The summed E-state index contributed by atoms with van der Waals surface area (Å²) in [5, 5.41) is 12.1. The number of ether oxygens (including phenoxy) is 2. The van der Waals surface area contributed by atoms with Crippen molar-refractivity contribution in [3.05, 3.63) is 59.7 Å². The van der Waals surface area contributed by atoms with Crippen LogP contribution in [0.5, 0.6) is 11.5 Å². The van der Waals surface area contributed by atoms with E-state index in [4.69, 9.17) is 9.47 Å². The molecule has 0 bridgehead atoms. The van der Waals surface area contributed by atoms with Gasteiger partial charge in [0.2, 0.25) is 0 Å². The van der Waals surface area contributed by atoms with E-state index in [2.05, 4.69) is 38.1 Å². The summed E-state index contributed by atoms with van der Waals surface area (Å²) in [6, 6.07) is 16.0. The predicted octanol–water partition coefficient (Wildman–Crippen LogP) is 5.63. The zero-order valence-corrected chi connectivity index (χ0v) is 19.9. The van der Waals surface area contributed by atoms with Crippen molar-refractivity contribution in [2.75, 3.05) is 34.9 Å². The van der Waals surface area contributed by atoms with Crippen molar-refractivity contribution in [2.45, 2.75) is 50.5 Å². The first-order chi connectivity index (χ1) is 13.9. The van der Waals surface area contributed by atoms with E-state index < -0.39 is 5.60 Å². The number of benzene rings is 2. The third-order valence-corrected chi connectivity index (χ3v) is 5.64. The molecule has 0 heterocycles. The molecule has 5 heteroatoms. The molecule has 4 nitrogen and oxygen atoms in total. The number of likely N-dealkylation sites (N-methyl/N-ethyl adjacent to an activating group) is 1. The van der Waals surface area contributed by atoms with Gasteiger partial charge in [-0.05, 0) is 55.9 Å². The Labute approximate surface area is 188 Å². The number of hydrogen-bond donors (Lipinski definition) is 1. The second-order valence-electron chi connectivity index (χ2n) is 8.05. The smallest absolute Gasteiger partial charge is 0.118 e. The van der Waals surface area contributed by atoms with E-state index in [-0.39, 0.29) is 18.3 Å². The van der Waals surface area contributed by atoms with E-state index in [9.17, 15) is 5.11 Å². The maximum atomic E-state index is 12.1. The second-order valence-corrected chi connectivity index (χ2v) is 8.05. The summed E-state index contributed by atoms with van der Waals surface area (Å²) in [6.07, 6.45) is 5.23. The molecule has 2 aromatic carbocycles. The molecule has 0 fully saturated rings. The standard InChI is InChI=1S/C25H37NO3.ClH/c1-6-7-8-9-18-25(27,21-12-16-23(29-5)17-13-21)24(19-26(2)3)20-10-14-22(28-4)15-11-20;/h10-17,24,27H,6-9,18-19H2,1-5H3;1H. The number of halogens is 1. The predicted molar refractivity (Wildman–Crippen MR) is 127 cm³/mol. The molecule has 0 saturated carbocycles. The summed E-state index contributed by atoms with van der Waals surface area (Å²) >= 11 is 0. The first-order valence-electron chi connectivity index (χ1n) is 10.6. The summed E-state index contributed by atoms with van der Waals surface area (Å²) < 4.78 is 10.7. The van der Waals surface area contributed by atoms with Crippen LogP contribution in [0, 0.1) is 0 Å². The minimum atomic E-state index is -0.959. The molecule has 2 atom stereocenters. The summed E-state index contributed by atoms with van der Waals surface area (Å²) in [6.45, 7) is 2.96. The molecule has 168 valence electrons. The summed E-state index contributed by atoms with van der Waals surface area (Å²) in [5.41, 5.74) is 1.10. The van der Waals surface area contributed by atoms with Gasteiger partial charge in [0, 0.05) is 12.5 Å². The molecular weight excluding hydrogens is 398 g/mol. The number of methoxy groups -OCH3 is 2. The van der Waals surface area contributed by atoms with Crippen molar-refractivity contribution in [3.63, 3.8) is 0 Å². The van der Waals surface area contributed by atoms with Gasteiger partial charge < -0.3 is 19.5 Å². The number of hydrogen-bond acceptors (Lipinski definition) is 4. The van der Waals surface area contributed by atoms with Crippen molar-refractivity contribution in [1.29, 1.82) is 0 Å². The van der Waals surface area contributed by atoms with Gasteiger partial charge in [-0.2, -0.15) is 0 Å². The van der Waals surface area contributed by atoms with Crippen LogP contribution >= 0.6 is 12.4 Å². The molecule has 1 N–H and O–H groups in total. The fraction of sp³-hybridized carbons (Fsp3) is 0.520. The molecular formula is C25H38ClNO3. The van der Waals surface area contributed by atoms with Gasteiger partial charge in [0.1, 0.15) is 11.5 Å². The van der Waals surface area contributed by atoms with Gasteiger partial charge in [0.25, 0.3) is 0 Å². The highest BCUT2D eigenvalue weighted by Crippen LogP contribution is 2.42. The minimum Gasteiger partial charge on any atom is -0.497 e. The van der Waals surface area contributed by atoms with E-state index in [0.717, 1.165) is 48.4 Å². The van der Waals surface area contributed by atoms with Crippen LogP contribution in [-0.2, 0) is 5.60 Å². The third-order valence-electron chi connectivity index (χ3n) is 5.64. The van der Waals surface area contributed by atoms with Gasteiger partial charge in [-0.3, -0.25) is 0 Å². The quantitative estimate of drug-likeness (QED) is 0.439. The van der Waals surface area contributed by atoms with Gasteiger partial charge in [0.05, 0.1) is 19.8 Å². The van der Waals surface area contributed by atoms with Gasteiger partial charge in [-0.15, -0.1) is 12.4 Å². The molecule has 0 saturated heterocycles. The Morgan fingerprint density at radius 3 is 1.87 bits per heavy atom. The highest BCUT2D eigenvalue weighted by atomic mass is 35.5. The topological polar surface area (TPSA) is 41.9 Å². The average Bonchev–Trinajstić information content (AvgIpc) is 2.75. The van der Waals surface area contributed by atoms with E-state index in [0.29, 0.717) is 0 Å². The molecule has 0 amide bonds. The second kappa shape index (κ2) is 12.8. The number of aliphatic hydroxyl groups is 1. The lowest BCUT2D eigenvalue weighted by molar-refractivity contribution is -0.0114. The van der Waals surface area contributed by atoms with Gasteiger partial charge in [-0.1, -0.05) is 56.9 Å². The molecule has 2 unspecified atom stereocenters. The molecule has 2 aromatic rings. The Morgan fingerprint density at radius 1 is 0.867 bits per heavy atom. The average molecular weight is 436 g/mol. The fourth-order valence-corrected chi connectivity index (χ4v) is 3.95. The molecule has 2 rings (SSSR count). The summed E-state index contributed by atoms with van der Waals surface area (Å²) in [7, 11) is 7.45. The van der Waals surface area contributed by atoms with Crippen molar-refractivity contribution in [1.82, 2.24) is 4.90 Å². The SMILES string of the molecule is CCCCCCC(O)(c1ccc(OC)cc1)C(CN(C)C)c1ccc(OC)cc1.Cl. The Morgan fingerprint density at radius 2 is 1.40 bits per heavy atom. The molecule has 0 aliphatic carbocycles. The maximum Gasteiger partial charge on any atom is 0.118 e. The fourth-order valence-electron chi connectivity index (χ4n) is 3.95. The number of nitrogens with zero attached hydrogens (tertiary/aromatic N) is 1. The lowest BCUT2D eigenvalue weighted by Crippen LogP contribution is -2.39. The van der Waals surface area contributed by atoms with E-state index >= 15 is 0 Å². The number of rotatable bonds is 12. The maximum absolute atomic E-state index is 12.1. The Hall–Kier alpha value is -1.75. The van der Waals surface area contributed by atoms with Gasteiger partial charge in [-0.25, -0.2) is 0 Å². The molecule has 30 heavy (non-hydrogen) atoms. The molecule has 0 aromatic heterocycles. The molecule has 0 aliphatic heterocycles. The summed E-state index contributed by atoms with van der Waals surface area (Å²) in [5.74, 6) is 1.57. The zero-order chi connectivity index (χ0) is 21.3. The first kappa shape index (κ1) is 26.3. The van der Waals surface area contributed by atoms with E-state index in [1.54, 1.807) is 14.2 Å². The highest BCUT2D eigenvalue weighted by Gasteiger charge is 2.39. The van der Waals surface area contributed by atoms with Crippen molar-refractivity contribution >= 4 is 12.4 Å². The Bertz CT molecular complexity index is 718. The Kier molecular flexibility index (Phi) is 11.2. The largest absolute Gasteiger partial charge is 0.497 e. The van der Waals surface area contributed by atoms with Crippen LogP contribution in [-0.4, -0.2) is 44.9 Å². The normalized spacial score (nSPS) is 14.0. The molecule has 0 spiro atoms. The summed E-state index contributed by atoms with van der Waals surface area (Å²) in [4.78, 5) is 2.15. The van der Waals surface area contributed by atoms with Crippen LogP contribution in [0.1, 0.15) is 56.1 Å². The van der Waals surface area contributed by atoms with Crippen LogP contribution in [0.25, 0.3) is 0 Å². The highest BCUT2D eigenvalue weighted by molar-refractivity contribution is 5.85. The molecule has 0 radical (unpaired) electrons. The lowest BCUT2D eigenvalue weighted by atomic mass is 9.74.